The highest BCUT2D eigenvalue weighted by Crippen LogP contribution is 2.25. The number of aromatic nitrogens is 2. The van der Waals surface area contributed by atoms with E-state index in [0.717, 1.165) is 17.1 Å². The summed E-state index contributed by atoms with van der Waals surface area (Å²) in [6.07, 6.45) is 0. The van der Waals surface area contributed by atoms with Gasteiger partial charge in [-0.15, -0.1) is 0 Å². The van der Waals surface area contributed by atoms with Crippen LogP contribution in [0.3, 0.4) is 0 Å². The summed E-state index contributed by atoms with van der Waals surface area (Å²) in [4.78, 5) is 11.5. The first-order chi connectivity index (χ1) is 7.79. The molecule has 5 nitrogen and oxygen atoms in total. The summed E-state index contributed by atoms with van der Waals surface area (Å²) in [7, 11) is 3.24. The Morgan fingerprint density at radius 2 is 2.00 bits per heavy atom. The maximum Gasteiger partial charge on any atom is 0.314 e. The normalized spacial score (nSPS) is 11.4. The zero-order valence-corrected chi connectivity index (χ0v) is 11.3. The quantitative estimate of drug-likeness (QED) is 0.750. The molecule has 0 atom stereocenters. The Balaban J connectivity index is 2.77. The fraction of sp³-hybridized carbons (Fsp3) is 0.667. The van der Waals surface area contributed by atoms with Crippen LogP contribution < -0.4 is 4.74 Å². The zero-order chi connectivity index (χ0) is 13.2. The molecule has 0 N–H and O–H groups in total. The van der Waals surface area contributed by atoms with Crippen molar-refractivity contribution in [3.05, 3.63) is 11.4 Å². The van der Waals surface area contributed by atoms with E-state index in [9.17, 15) is 4.79 Å². The minimum absolute atomic E-state index is 0.271. The monoisotopic (exact) mass is 240 g/mol. The van der Waals surface area contributed by atoms with Gasteiger partial charge in [0, 0.05) is 7.05 Å². The SMILES string of the molecule is COC(=O)C(C)(C)COc1c(C)nn(C)c1C. The van der Waals surface area contributed by atoms with E-state index >= 15 is 0 Å². The van der Waals surface area contributed by atoms with Crippen LogP contribution in [-0.4, -0.2) is 29.5 Å². The molecular weight excluding hydrogens is 220 g/mol. The van der Waals surface area contributed by atoms with E-state index in [2.05, 4.69) is 5.10 Å². The highest BCUT2D eigenvalue weighted by atomic mass is 16.5. The molecule has 0 amide bonds. The number of rotatable bonds is 4. The van der Waals surface area contributed by atoms with Crippen LogP contribution >= 0.6 is 0 Å². The number of ether oxygens (including phenoxy) is 2. The van der Waals surface area contributed by atoms with Crippen LogP contribution in [-0.2, 0) is 16.6 Å². The van der Waals surface area contributed by atoms with Crippen LogP contribution in [0, 0.1) is 19.3 Å². The van der Waals surface area contributed by atoms with Crippen LogP contribution in [0.4, 0.5) is 0 Å². The van der Waals surface area contributed by atoms with Crippen molar-refractivity contribution in [1.82, 2.24) is 9.78 Å². The summed E-state index contributed by atoms with van der Waals surface area (Å²) in [6.45, 7) is 7.67. The van der Waals surface area contributed by atoms with Gasteiger partial charge in [0.1, 0.15) is 12.3 Å². The van der Waals surface area contributed by atoms with Crippen molar-refractivity contribution >= 4 is 5.97 Å². The first kappa shape index (κ1) is 13.5. The molecule has 0 aliphatic heterocycles. The molecule has 0 unspecified atom stereocenters. The molecule has 0 saturated heterocycles. The molecule has 0 aliphatic carbocycles. The second kappa shape index (κ2) is 4.77. The van der Waals surface area contributed by atoms with Crippen LogP contribution in [0.15, 0.2) is 0 Å². The predicted octanol–water partition coefficient (Wildman–Crippen LogP) is 1.61. The van der Waals surface area contributed by atoms with Crippen LogP contribution in [0.1, 0.15) is 25.2 Å². The van der Waals surface area contributed by atoms with Gasteiger partial charge in [-0.05, 0) is 27.7 Å². The van der Waals surface area contributed by atoms with Crippen molar-refractivity contribution < 1.29 is 14.3 Å². The Morgan fingerprint density at radius 1 is 1.41 bits per heavy atom. The molecule has 1 heterocycles. The second-order valence-electron chi connectivity index (χ2n) is 4.79. The van der Waals surface area contributed by atoms with Gasteiger partial charge in [0.15, 0.2) is 5.75 Å². The first-order valence-corrected chi connectivity index (χ1v) is 5.51. The molecule has 0 radical (unpaired) electrons. The van der Waals surface area contributed by atoms with Gasteiger partial charge in [0.2, 0.25) is 0 Å². The number of esters is 1. The topological polar surface area (TPSA) is 53.4 Å². The number of aryl methyl sites for hydroxylation is 2. The predicted molar refractivity (Wildman–Crippen MR) is 64.0 cm³/mol. The van der Waals surface area contributed by atoms with E-state index in [-0.39, 0.29) is 12.6 Å². The minimum atomic E-state index is -0.663. The molecule has 0 spiro atoms. The molecule has 1 rings (SSSR count). The van der Waals surface area contributed by atoms with Crippen molar-refractivity contribution in [2.24, 2.45) is 12.5 Å². The molecule has 0 saturated carbocycles. The third kappa shape index (κ3) is 2.78. The lowest BCUT2D eigenvalue weighted by Gasteiger charge is -2.21. The molecule has 1 aromatic rings. The van der Waals surface area contributed by atoms with E-state index in [1.165, 1.54) is 7.11 Å². The fourth-order valence-corrected chi connectivity index (χ4v) is 1.55. The van der Waals surface area contributed by atoms with Gasteiger partial charge in [-0.3, -0.25) is 9.48 Å². The summed E-state index contributed by atoms with van der Waals surface area (Å²) in [5, 5.41) is 4.25. The van der Waals surface area contributed by atoms with Gasteiger partial charge in [-0.2, -0.15) is 5.10 Å². The molecule has 17 heavy (non-hydrogen) atoms. The van der Waals surface area contributed by atoms with Crippen molar-refractivity contribution in [3.8, 4) is 5.75 Å². The standard InChI is InChI=1S/C12H20N2O3/c1-8-10(9(2)14(5)13-8)17-7-12(3,4)11(15)16-6/h7H2,1-6H3. The number of nitrogens with zero attached hydrogens (tertiary/aromatic N) is 2. The van der Waals surface area contributed by atoms with Crippen LogP contribution in [0.2, 0.25) is 0 Å². The molecule has 0 bridgehead atoms. The van der Waals surface area contributed by atoms with Crippen molar-refractivity contribution in [1.29, 1.82) is 0 Å². The number of hydrogen-bond acceptors (Lipinski definition) is 4. The Morgan fingerprint density at radius 3 is 2.41 bits per heavy atom. The number of hydrogen-bond donors (Lipinski definition) is 0. The lowest BCUT2D eigenvalue weighted by atomic mass is 9.95. The van der Waals surface area contributed by atoms with E-state index < -0.39 is 5.41 Å². The van der Waals surface area contributed by atoms with E-state index in [1.807, 2.05) is 20.9 Å². The zero-order valence-electron chi connectivity index (χ0n) is 11.3. The van der Waals surface area contributed by atoms with Gasteiger partial charge in [-0.1, -0.05) is 0 Å². The first-order valence-electron chi connectivity index (χ1n) is 5.51. The molecule has 5 heteroatoms. The second-order valence-corrected chi connectivity index (χ2v) is 4.79. The summed E-state index contributed by atoms with van der Waals surface area (Å²) in [5.41, 5.74) is 1.11. The summed E-state index contributed by atoms with van der Waals surface area (Å²) >= 11 is 0. The molecule has 0 fully saturated rings. The Bertz CT molecular complexity index is 422. The maximum absolute atomic E-state index is 11.5. The van der Waals surface area contributed by atoms with E-state index in [0.29, 0.717) is 0 Å². The van der Waals surface area contributed by atoms with E-state index in [1.54, 1.807) is 18.5 Å². The van der Waals surface area contributed by atoms with Gasteiger partial charge in [0.25, 0.3) is 0 Å². The van der Waals surface area contributed by atoms with Crippen molar-refractivity contribution in [2.45, 2.75) is 27.7 Å². The summed E-state index contributed by atoms with van der Waals surface area (Å²) in [6, 6.07) is 0. The fourth-order valence-electron chi connectivity index (χ4n) is 1.55. The van der Waals surface area contributed by atoms with E-state index in [4.69, 9.17) is 9.47 Å². The van der Waals surface area contributed by atoms with Gasteiger partial charge in [0.05, 0.1) is 18.2 Å². The molecule has 0 aliphatic rings. The van der Waals surface area contributed by atoms with Gasteiger partial charge in [-0.25, -0.2) is 0 Å². The highest BCUT2D eigenvalue weighted by molar-refractivity contribution is 5.75. The maximum atomic E-state index is 11.5. The summed E-state index contributed by atoms with van der Waals surface area (Å²) in [5.74, 6) is 0.459. The Hall–Kier alpha value is -1.52. The third-order valence-electron chi connectivity index (χ3n) is 2.76. The summed E-state index contributed by atoms with van der Waals surface area (Å²) < 4.78 is 12.2. The van der Waals surface area contributed by atoms with Crippen LogP contribution in [0.5, 0.6) is 5.75 Å². The largest absolute Gasteiger partial charge is 0.489 e. The highest BCUT2D eigenvalue weighted by Gasteiger charge is 2.30. The molecule has 1 aromatic heterocycles. The molecule has 96 valence electrons. The van der Waals surface area contributed by atoms with Crippen molar-refractivity contribution in [3.63, 3.8) is 0 Å². The third-order valence-corrected chi connectivity index (χ3v) is 2.76. The van der Waals surface area contributed by atoms with Crippen LogP contribution in [0.25, 0.3) is 0 Å². The minimum Gasteiger partial charge on any atom is -0.489 e. The number of methoxy groups -OCH3 is 1. The molecule has 0 aromatic carbocycles. The smallest absolute Gasteiger partial charge is 0.314 e. The lowest BCUT2D eigenvalue weighted by Crippen LogP contribution is -2.32. The average molecular weight is 240 g/mol. The Kier molecular flexibility index (Phi) is 3.80. The Labute approximate surface area is 102 Å². The van der Waals surface area contributed by atoms with Crippen molar-refractivity contribution in [2.75, 3.05) is 13.7 Å². The molecular formula is C12H20N2O3. The average Bonchev–Trinajstić information content (AvgIpc) is 2.50. The van der Waals surface area contributed by atoms with Gasteiger partial charge < -0.3 is 9.47 Å². The lowest BCUT2D eigenvalue weighted by molar-refractivity contribution is -0.152. The van der Waals surface area contributed by atoms with Gasteiger partial charge >= 0.3 is 5.97 Å². The number of carbonyl (C=O) groups is 1. The number of carbonyl (C=O) groups excluding carboxylic acids is 1.